The second-order valence-corrected chi connectivity index (χ2v) is 6.53. The molecule has 0 aromatic carbocycles. The number of hydrogen-bond donors (Lipinski definition) is 2. The quantitative estimate of drug-likeness (QED) is 0.659. The molecule has 0 aromatic heterocycles. The lowest BCUT2D eigenvalue weighted by Gasteiger charge is -2.25. The van der Waals surface area contributed by atoms with E-state index in [4.69, 9.17) is 5.73 Å². The number of unbranched alkanes of at least 4 members (excludes halogenated alkanes) is 3. The molecule has 0 aliphatic heterocycles. The van der Waals surface area contributed by atoms with Gasteiger partial charge in [0.05, 0.1) is 6.04 Å². The third-order valence-corrected chi connectivity index (χ3v) is 3.49. The molecule has 0 saturated carbocycles. The highest BCUT2D eigenvalue weighted by Crippen LogP contribution is 2.17. The highest BCUT2D eigenvalue weighted by atomic mass is 32.2. The van der Waals surface area contributed by atoms with E-state index >= 15 is 0 Å². The molecule has 3 nitrogen and oxygen atoms in total. The zero-order valence-corrected chi connectivity index (χ0v) is 12.5. The van der Waals surface area contributed by atoms with Crippen molar-refractivity contribution in [3.8, 4) is 0 Å². The predicted octanol–water partition coefficient (Wildman–Crippen LogP) is 2.40. The van der Waals surface area contributed by atoms with E-state index in [9.17, 15) is 4.79 Å². The minimum Gasteiger partial charge on any atom is -0.355 e. The van der Waals surface area contributed by atoms with Crippen molar-refractivity contribution in [2.45, 2.75) is 52.5 Å². The molecule has 1 amide bonds. The highest BCUT2D eigenvalue weighted by Gasteiger charge is 2.26. The summed E-state index contributed by atoms with van der Waals surface area (Å²) in [5, 5.41) is 2.91. The molecule has 0 spiro atoms. The second-order valence-electron chi connectivity index (χ2n) is 5.54. The Morgan fingerprint density at radius 1 is 1.24 bits per heavy atom. The Hall–Kier alpha value is -0.220. The Kier molecular flexibility index (Phi) is 8.70. The number of hydrogen-bond acceptors (Lipinski definition) is 3. The van der Waals surface area contributed by atoms with Gasteiger partial charge in [0.25, 0.3) is 0 Å². The summed E-state index contributed by atoms with van der Waals surface area (Å²) in [6.07, 6.45) is 6.90. The van der Waals surface area contributed by atoms with Gasteiger partial charge in [-0.3, -0.25) is 4.79 Å². The molecule has 0 bridgehead atoms. The van der Waals surface area contributed by atoms with Crippen LogP contribution in [0.5, 0.6) is 0 Å². The summed E-state index contributed by atoms with van der Waals surface area (Å²) in [5.74, 6) is 1.21. The standard InChI is InChI=1S/C13H28N2OS/c1-13(2,3)11(14)12(16)15-9-7-5-6-8-10-17-4/h11H,5-10,14H2,1-4H3,(H,15,16). The van der Waals surface area contributed by atoms with E-state index in [2.05, 4.69) is 11.6 Å². The molecule has 4 heteroatoms. The maximum Gasteiger partial charge on any atom is 0.237 e. The average molecular weight is 260 g/mol. The SMILES string of the molecule is CSCCCCCCNC(=O)C(N)C(C)(C)C. The topological polar surface area (TPSA) is 55.1 Å². The fraction of sp³-hybridized carbons (Fsp3) is 0.923. The smallest absolute Gasteiger partial charge is 0.237 e. The Bertz CT molecular complexity index is 214. The first-order chi connectivity index (χ1) is 7.89. The summed E-state index contributed by atoms with van der Waals surface area (Å²) in [7, 11) is 0. The van der Waals surface area contributed by atoms with Crippen LogP contribution < -0.4 is 11.1 Å². The van der Waals surface area contributed by atoms with Gasteiger partial charge < -0.3 is 11.1 Å². The molecule has 0 aliphatic carbocycles. The zero-order chi connectivity index (χ0) is 13.3. The maximum absolute atomic E-state index is 11.7. The largest absolute Gasteiger partial charge is 0.355 e. The van der Waals surface area contributed by atoms with Crippen molar-refractivity contribution in [1.82, 2.24) is 5.32 Å². The van der Waals surface area contributed by atoms with Crippen molar-refractivity contribution in [3.63, 3.8) is 0 Å². The van der Waals surface area contributed by atoms with Crippen molar-refractivity contribution < 1.29 is 4.79 Å². The average Bonchev–Trinajstić information content (AvgIpc) is 2.25. The second kappa shape index (κ2) is 8.81. The van der Waals surface area contributed by atoms with Gasteiger partial charge in [-0.2, -0.15) is 11.8 Å². The van der Waals surface area contributed by atoms with Crippen LogP contribution in [0.1, 0.15) is 46.5 Å². The van der Waals surface area contributed by atoms with E-state index in [1.165, 1.54) is 25.0 Å². The monoisotopic (exact) mass is 260 g/mol. The van der Waals surface area contributed by atoms with Gasteiger partial charge in [0.2, 0.25) is 5.91 Å². The number of amides is 1. The molecule has 0 aliphatic rings. The molecule has 17 heavy (non-hydrogen) atoms. The Labute approximate surface area is 110 Å². The van der Waals surface area contributed by atoms with E-state index in [0.717, 1.165) is 13.0 Å². The number of nitrogens with one attached hydrogen (secondary N) is 1. The van der Waals surface area contributed by atoms with Crippen molar-refractivity contribution in [1.29, 1.82) is 0 Å². The van der Waals surface area contributed by atoms with Crippen molar-refractivity contribution in [2.75, 3.05) is 18.6 Å². The van der Waals surface area contributed by atoms with Gasteiger partial charge in [-0.1, -0.05) is 33.6 Å². The van der Waals surface area contributed by atoms with E-state index in [1.54, 1.807) is 0 Å². The van der Waals surface area contributed by atoms with Crippen LogP contribution >= 0.6 is 11.8 Å². The van der Waals surface area contributed by atoms with Gasteiger partial charge in [0.15, 0.2) is 0 Å². The minimum atomic E-state index is -0.418. The summed E-state index contributed by atoms with van der Waals surface area (Å²) in [6, 6.07) is -0.418. The number of carbonyl (C=O) groups excluding carboxylic acids is 1. The predicted molar refractivity (Wildman–Crippen MR) is 77.3 cm³/mol. The van der Waals surface area contributed by atoms with E-state index in [0.29, 0.717) is 0 Å². The maximum atomic E-state index is 11.7. The summed E-state index contributed by atoms with van der Waals surface area (Å²) >= 11 is 1.89. The molecule has 102 valence electrons. The summed E-state index contributed by atoms with van der Waals surface area (Å²) in [5.41, 5.74) is 5.70. The van der Waals surface area contributed by atoms with E-state index < -0.39 is 6.04 Å². The molecule has 1 atom stereocenters. The normalized spacial score (nSPS) is 13.5. The van der Waals surface area contributed by atoms with Crippen molar-refractivity contribution in [3.05, 3.63) is 0 Å². The molecular formula is C13H28N2OS. The van der Waals surface area contributed by atoms with Crippen molar-refractivity contribution >= 4 is 17.7 Å². The fourth-order valence-corrected chi connectivity index (χ4v) is 1.93. The third kappa shape index (κ3) is 8.50. The molecule has 0 heterocycles. The summed E-state index contributed by atoms with van der Waals surface area (Å²) < 4.78 is 0. The van der Waals surface area contributed by atoms with Gasteiger partial charge in [-0.15, -0.1) is 0 Å². The van der Waals surface area contributed by atoms with Crippen LogP contribution in [-0.4, -0.2) is 30.5 Å². The Morgan fingerprint density at radius 3 is 2.35 bits per heavy atom. The molecule has 0 aromatic rings. The molecule has 0 rings (SSSR count). The first-order valence-electron chi connectivity index (χ1n) is 6.42. The Balaban J connectivity index is 3.52. The molecular weight excluding hydrogens is 232 g/mol. The molecule has 1 unspecified atom stereocenters. The lowest BCUT2D eigenvalue weighted by Crippen LogP contribution is -2.48. The number of carbonyl (C=O) groups is 1. The van der Waals surface area contributed by atoms with Gasteiger partial charge in [0.1, 0.15) is 0 Å². The first kappa shape index (κ1) is 16.8. The van der Waals surface area contributed by atoms with Crippen LogP contribution in [0.25, 0.3) is 0 Å². The van der Waals surface area contributed by atoms with Crippen LogP contribution in [0.15, 0.2) is 0 Å². The van der Waals surface area contributed by atoms with Crippen LogP contribution in [0.2, 0.25) is 0 Å². The zero-order valence-electron chi connectivity index (χ0n) is 11.7. The number of rotatable bonds is 8. The lowest BCUT2D eigenvalue weighted by molar-refractivity contribution is -0.124. The van der Waals surface area contributed by atoms with Gasteiger partial charge in [0, 0.05) is 6.54 Å². The van der Waals surface area contributed by atoms with Crippen LogP contribution in [-0.2, 0) is 4.79 Å². The van der Waals surface area contributed by atoms with Crippen LogP contribution in [0.4, 0.5) is 0 Å². The molecule has 0 radical (unpaired) electrons. The third-order valence-electron chi connectivity index (χ3n) is 2.79. The van der Waals surface area contributed by atoms with Gasteiger partial charge in [-0.05, 0) is 30.3 Å². The molecule has 3 N–H and O–H groups in total. The van der Waals surface area contributed by atoms with Gasteiger partial charge >= 0.3 is 0 Å². The van der Waals surface area contributed by atoms with Crippen LogP contribution in [0, 0.1) is 5.41 Å². The van der Waals surface area contributed by atoms with E-state index in [1.807, 2.05) is 32.5 Å². The number of thioether (sulfide) groups is 1. The van der Waals surface area contributed by atoms with Crippen molar-refractivity contribution in [2.24, 2.45) is 11.1 Å². The Morgan fingerprint density at radius 2 is 1.82 bits per heavy atom. The summed E-state index contributed by atoms with van der Waals surface area (Å²) in [6.45, 7) is 6.71. The van der Waals surface area contributed by atoms with E-state index in [-0.39, 0.29) is 11.3 Å². The lowest BCUT2D eigenvalue weighted by atomic mass is 9.87. The fourth-order valence-electron chi connectivity index (χ4n) is 1.44. The summed E-state index contributed by atoms with van der Waals surface area (Å²) in [4.78, 5) is 11.7. The first-order valence-corrected chi connectivity index (χ1v) is 7.81. The number of nitrogens with two attached hydrogens (primary N) is 1. The van der Waals surface area contributed by atoms with Gasteiger partial charge in [-0.25, -0.2) is 0 Å². The highest BCUT2D eigenvalue weighted by molar-refractivity contribution is 7.98. The molecule has 0 fully saturated rings. The molecule has 0 saturated heterocycles. The van der Waals surface area contributed by atoms with Crippen LogP contribution in [0.3, 0.4) is 0 Å². The minimum absolute atomic E-state index is 0.0263.